The largest absolute Gasteiger partial charge is 0.472 e. The number of phosphoric ester groups is 1. The normalized spacial score (nSPS) is 14.1. The van der Waals surface area contributed by atoms with Crippen molar-refractivity contribution in [2.75, 3.05) is 40.9 Å². The number of esters is 1. The predicted molar refractivity (Wildman–Crippen MR) is 332 cm³/mol. The molecular formula is C67H124N2O7P+. The fourth-order valence-electron chi connectivity index (χ4n) is 9.12. The van der Waals surface area contributed by atoms with Crippen molar-refractivity contribution in [3.63, 3.8) is 0 Å². The molecule has 448 valence electrons. The summed E-state index contributed by atoms with van der Waals surface area (Å²) in [5.74, 6) is -0.581. The van der Waals surface area contributed by atoms with E-state index < -0.39 is 20.0 Å². The number of quaternary nitrogens is 1. The van der Waals surface area contributed by atoms with Crippen LogP contribution in [0.4, 0.5) is 0 Å². The molecule has 0 radical (unpaired) electrons. The van der Waals surface area contributed by atoms with Crippen molar-refractivity contribution in [2.24, 2.45) is 0 Å². The van der Waals surface area contributed by atoms with Gasteiger partial charge in [-0.15, -0.1) is 0 Å². The van der Waals surface area contributed by atoms with E-state index in [4.69, 9.17) is 13.8 Å². The van der Waals surface area contributed by atoms with Gasteiger partial charge < -0.3 is 19.4 Å². The van der Waals surface area contributed by atoms with Crippen LogP contribution in [0.2, 0.25) is 0 Å². The van der Waals surface area contributed by atoms with Gasteiger partial charge in [-0.2, -0.15) is 0 Å². The number of nitrogens with zero attached hydrogens (tertiary/aromatic N) is 1. The number of carbonyl (C=O) groups excluding carboxylic acids is 2. The quantitative estimate of drug-likeness (QED) is 0.0205. The Morgan fingerprint density at radius 2 is 0.805 bits per heavy atom. The zero-order valence-electron chi connectivity index (χ0n) is 51.2. The summed E-state index contributed by atoms with van der Waals surface area (Å²) >= 11 is 0. The van der Waals surface area contributed by atoms with Gasteiger partial charge in [-0.1, -0.05) is 261 Å². The van der Waals surface area contributed by atoms with Crippen LogP contribution < -0.4 is 5.32 Å². The van der Waals surface area contributed by atoms with Gasteiger partial charge in [0.2, 0.25) is 5.91 Å². The third kappa shape index (κ3) is 57.9. The maximum absolute atomic E-state index is 13.5. The van der Waals surface area contributed by atoms with Gasteiger partial charge in [0.05, 0.1) is 33.8 Å². The molecule has 0 aliphatic rings. The van der Waals surface area contributed by atoms with Crippen molar-refractivity contribution >= 4 is 19.7 Å². The van der Waals surface area contributed by atoms with Crippen LogP contribution in [0, 0.1) is 0 Å². The first kappa shape index (κ1) is 74.5. The highest BCUT2D eigenvalue weighted by molar-refractivity contribution is 7.47. The van der Waals surface area contributed by atoms with Crippen LogP contribution in [-0.4, -0.2) is 74.3 Å². The number of hydrogen-bond donors (Lipinski definition) is 2. The average molecular weight is 1100 g/mol. The van der Waals surface area contributed by atoms with Crippen LogP contribution in [0.1, 0.15) is 290 Å². The second kappa shape index (κ2) is 56.7. The Morgan fingerprint density at radius 1 is 0.455 bits per heavy atom. The second-order valence-corrected chi connectivity index (χ2v) is 24.4. The van der Waals surface area contributed by atoms with Crippen molar-refractivity contribution in [3.05, 3.63) is 72.9 Å². The van der Waals surface area contributed by atoms with Crippen molar-refractivity contribution in [1.82, 2.24) is 5.32 Å². The summed E-state index contributed by atoms with van der Waals surface area (Å²) < 4.78 is 30.6. The number of likely N-dealkylation sites (N-methyl/N-ethyl adjacent to an activating group) is 1. The zero-order chi connectivity index (χ0) is 56.4. The van der Waals surface area contributed by atoms with Gasteiger partial charge in [-0.05, 0) is 89.5 Å². The summed E-state index contributed by atoms with van der Waals surface area (Å²) in [6.07, 6.45) is 73.6. The lowest BCUT2D eigenvalue weighted by atomic mass is 10.0. The predicted octanol–water partition coefficient (Wildman–Crippen LogP) is 20.0. The monoisotopic (exact) mass is 1100 g/mol. The van der Waals surface area contributed by atoms with Gasteiger partial charge in [-0.3, -0.25) is 18.6 Å². The molecule has 0 aliphatic heterocycles. The van der Waals surface area contributed by atoms with Gasteiger partial charge in [0, 0.05) is 12.8 Å². The molecule has 0 spiro atoms. The zero-order valence-corrected chi connectivity index (χ0v) is 52.1. The molecule has 0 aliphatic carbocycles. The first-order valence-corrected chi connectivity index (χ1v) is 33.8. The summed E-state index contributed by atoms with van der Waals surface area (Å²) in [4.78, 5) is 37.6. The van der Waals surface area contributed by atoms with Gasteiger partial charge >= 0.3 is 13.8 Å². The number of nitrogens with one attached hydrogen (secondary N) is 1. The van der Waals surface area contributed by atoms with E-state index in [1.165, 1.54) is 186 Å². The summed E-state index contributed by atoms with van der Waals surface area (Å²) in [7, 11) is 1.46. The second-order valence-electron chi connectivity index (χ2n) is 22.9. The van der Waals surface area contributed by atoms with E-state index in [-0.39, 0.29) is 37.9 Å². The highest BCUT2D eigenvalue weighted by Gasteiger charge is 2.30. The van der Waals surface area contributed by atoms with Crippen LogP contribution in [-0.2, 0) is 27.9 Å². The molecule has 0 fully saturated rings. The van der Waals surface area contributed by atoms with Gasteiger partial charge in [0.1, 0.15) is 19.3 Å². The lowest BCUT2D eigenvalue weighted by Gasteiger charge is -2.27. The van der Waals surface area contributed by atoms with Crippen LogP contribution in [0.5, 0.6) is 0 Å². The van der Waals surface area contributed by atoms with E-state index in [0.29, 0.717) is 17.4 Å². The lowest BCUT2D eigenvalue weighted by Crippen LogP contribution is -2.47. The Kier molecular flexibility index (Phi) is 54.8. The first-order valence-electron chi connectivity index (χ1n) is 32.3. The third-order valence-corrected chi connectivity index (χ3v) is 15.1. The van der Waals surface area contributed by atoms with E-state index in [0.717, 1.165) is 64.2 Å². The first-order chi connectivity index (χ1) is 37.4. The fraction of sp³-hybridized carbons (Fsp3) is 0.791. The number of carbonyl (C=O) groups is 2. The molecule has 0 saturated heterocycles. The Bertz CT molecular complexity index is 1550. The van der Waals surface area contributed by atoms with Crippen molar-refractivity contribution < 1.29 is 37.3 Å². The summed E-state index contributed by atoms with van der Waals surface area (Å²) in [6, 6.07) is -0.879. The summed E-state index contributed by atoms with van der Waals surface area (Å²) in [5, 5.41) is 3.01. The molecule has 0 aromatic rings. The summed E-state index contributed by atoms with van der Waals surface area (Å²) in [6.45, 7) is 6.94. The molecule has 1 amide bonds. The van der Waals surface area contributed by atoms with E-state index in [9.17, 15) is 19.0 Å². The standard InChI is InChI=1S/C67H123N2O7P/c1-7-10-13-16-19-22-25-27-28-29-30-31-32-33-34-35-36-37-38-39-40-42-45-48-51-54-57-60-67(71)76-65(58-55-52-49-46-43-24-21-18-15-12-9-3)64(63-75-77(72,73)74-62-61-69(4,5)6)68-66(70)59-56-53-50-47-44-41-26-23-20-17-14-11-8-2/h19,22,27-28,30-31,41,44,50,53,55,58,64-65H,7-18,20-21,23-26,29,32-40,42-43,45-49,51-52,54,56-57,59-63H2,1-6H3,(H-,68,70,72,73)/p+1/b22-19-,28-27-,31-30-,44-41-,53-50+,58-55-. The Hall–Kier alpha value is -2.55. The Labute approximate surface area is 476 Å². The lowest BCUT2D eigenvalue weighted by molar-refractivity contribution is -0.870. The molecule has 3 unspecified atom stereocenters. The minimum absolute atomic E-state index is 0.0298. The molecule has 0 saturated carbocycles. The number of amides is 1. The SMILES string of the molecule is CCCCC/C=C\C/C=C\C/C=C\CCCCCCCCCCCCCCCCC(=O)OC(/C=C\CCCCCCCCCCC)C(COP(=O)(O)OCC[N+](C)(C)C)NC(=O)CC/C=C/C/C=C\CCCCCCCC. The Morgan fingerprint density at radius 3 is 1.23 bits per heavy atom. The maximum atomic E-state index is 13.5. The average Bonchev–Trinajstić information content (AvgIpc) is 3.39. The van der Waals surface area contributed by atoms with Crippen molar-refractivity contribution in [3.8, 4) is 0 Å². The van der Waals surface area contributed by atoms with E-state index in [1.54, 1.807) is 0 Å². The maximum Gasteiger partial charge on any atom is 0.472 e. The minimum atomic E-state index is -4.46. The molecule has 0 aromatic heterocycles. The minimum Gasteiger partial charge on any atom is -0.456 e. The molecule has 0 rings (SSSR count). The van der Waals surface area contributed by atoms with Crippen LogP contribution in [0.15, 0.2) is 72.9 Å². The topological polar surface area (TPSA) is 111 Å². The smallest absolute Gasteiger partial charge is 0.456 e. The van der Waals surface area contributed by atoms with Crippen molar-refractivity contribution in [1.29, 1.82) is 0 Å². The molecule has 0 bridgehead atoms. The highest BCUT2D eigenvalue weighted by atomic mass is 31.2. The summed E-state index contributed by atoms with van der Waals surface area (Å²) in [5.41, 5.74) is 0. The van der Waals surface area contributed by atoms with Gasteiger partial charge in [0.15, 0.2) is 0 Å². The van der Waals surface area contributed by atoms with Gasteiger partial charge in [0.25, 0.3) is 0 Å². The van der Waals surface area contributed by atoms with Crippen LogP contribution >= 0.6 is 7.82 Å². The molecular weight excluding hydrogens is 976 g/mol. The fourth-order valence-corrected chi connectivity index (χ4v) is 9.85. The molecule has 10 heteroatoms. The third-order valence-electron chi connectivity index (χ3n) is 14.1. The molecule has 77 heavy (non-hydrogen) atoms. The molecule has 2 N–H and O–H groups in total. The molecule has 3 atom stereocenters. The van der Waals surface area contributed by atoms with Crippen LogP contribution in [0.25, 0.3) is 0 Å². The van der Waals surface area contributed by atoms with Crippen LogP contribution in [0.3, 0.4) is 0 Å². The van der Waals surface area contributed by atoms with Gasteiger partial charge in [-0.25, -0.2) is 4.57 Å². The van der Waals surface area contributed by atoms with E-state index in [2.05, 4.69) is 80.8 Å². The van der Waals surface area contributed by atoms with E-state index >= 15 is 0 Å². The number of phosphoric acid groups is 1. The number of ether oxygens (including phenoxy) is 1. The number of hydrogen-bond acceptors (Lipinski definition) is 6. The van der Waals surface area contributed by atoms with E-state index in [1.807, 2.05) is 39.4 Å². The number of rotatable bonds is 58. The molecule has 9 nitrogen and oxygen atoms in total. The van der Waals surface area contributed by atoms with Crippen molar-refractivity contribution in [2.45, 2.75) is 303 Å². The molecule has 0 heterocycles. The number of allylic oxidation sites excluding steroid dienone is 11. The molecule has 0 aromatic carbocycles. The highest BCUT2D eigenvalue weighted by Crippen LogP contribution is 2.43. The number of unbranched alkanes of at least 4 members (excludes halogenated alkanes) is 32. The Balaban J connectivity index is 5.04.